The van der Waals surface area contributed by atoms with Crippen LogP contribution in [-0.2, 0) is 0 Å². The lowest BCUT2D eigenvalue weighted by Gasteiger charge is -2.12. The zero-order valence-corrected chi connectivity index (χ0v) is 9.10. The highest BCUT2D eigenvalue weighted by Crippen LogP contribution is 2.08. The molecule has 0 bridgehead atoms. The number of aliphatic hydroxyl groups excluding tert-OH is 1. The molecule has 1 heterocycles. The first-order valence-electron chi connectivity index (χ1n) is 4.60. The Morgan fingerprint density at radius 1 is 1.40 bits per heavy atom. The SMILES string of the molecule is CC(O)CNc1nc(N)nc(N(C)C)n1. The summed E-state index contributed by atoms with van der Waals surface area (Å²) in [6.07, 6.45) is -0.467. The first-order valence-corrected chi connectivity index (χ1v) is 4.60. The van der Waals surface area contributed by atoms with Gasteiger partial charge in [0.05, 0.1) is 6.10 Å². The van der Waals surface area contributed by atoms with Crippen LogP contribution in [0.2, 0.25) is 0 Å². The second-order valence-corrected chi connectivity index (χ2v) is 3.44. The fourth-order valence-electron chi connectivity index (χ4n) is 0.899. The Morgan fingerprint density at radius 3 is 2.60 bits per heavy atom. The van der Waals surface area contributed by atoms with Gasteiger partial charge in [-0.15, -0.1) is 0 Å². The molecule has 0 aliphatic heterocycles. The van der Waals surface area contributed by atoms with Crippen molar-refractivity contribution in [2.45, 2.75) is 13.0 Å². The fourth-order valence-corrected chi connectivity index (χ4v) is 0.899. The molecule has 0 radical (unpaired) electrons. The molecular weight excluding hydrogens is 196 g/mol. The van der Waals surface area contributed by atoms with E-state index in [1.54, 1.807) is 11.8 Å². The third-order valence-electron chi connectivity index (χ3n) is 1.60. The number of aliphatic hydroxyl groups is 1. The third-order valence-corrected chi connectivity index (χ3v) is 1.60. The molecule has 0 saturated heterocycles. The number of aromatic nitrogens is 3. The summed E-state index contributed by atoms with van der Waals surface area (Å²) >= 11 is 0. The quantitative estimate of drug-likeness (QED) is 0.607. The maximum Gasteiger partial charge on any atom is 0.231 e. The molecule has 1 rings (SSSR count). The van der Waals surface area contributed by atoms with Gasteiger partial charge in [0, 0.05) is 20.6 Å². The molecule has 4 N–H and O–H groups in total. The summed E-state index contributed by atoms with van der Waals surface area (Å²) in [7, 11) is 3.63. The molecule has 0 spiro atoms. The molecule has 0 amide bonds. The predicted octanol–water partition coefficient (Wildman–Crippen LogP) is -0.687. The van der Waals surface area contributed by atoms with E-state index >= 15 is 0 Å². The van der Waals surface area contributed by atoms with Gasteiger partial charge in [-0.2, -0.15) is 15.0 Å². The van der Waals surface area contributed by atoms with E-state index < -0.39 is 6.10 Å². The van der Waals surface area contributed by atoms with Crippen molar-refractivity contribution < 1.29 is 5.11 Å². The van der Waals surface area contributed by atoms with E-state index in [2.05, 4.69) is 20.3 Å². The van der Waals surface area contributed by atoms with Crippen molar-refractivity contribution in [1.82, 2.24) is 15.0 Å². The summed E-state index contributed by atoms with van der Waals surface area (Å²) in [5.41, 5.74) is 5.51. The van der Waals surface area contributed by atoms with Crippen LogP contribution >= 0.6 is 0 Å². The Balaban J connectivity index is 2.79. The van der Waals surface area contributed by atoms with E-state index in [4.69, 9.17) is 10.8 Å². The number of hydrogen-bond acceptors (Lipinski definition) is 7. The molecule has 1 aromatic rings. The Kier molecular flexibility index (Phi) is 3.62. The van der Waals surface area contributed by atoms with Gasteiger partial charge in [0.2, 0.25) is 17.8 Å². The van der Waals surface area contributed by atoms with E-state index in [0.717, 1.165) is 0 Å². The summed E-state index contributed by atoms with van der Waals surface area (Å²) in [5, 5.41) is 11.9. The molecule has 0 aliphatic rings. The van der Waals surface area contributed by atoms with Crippen molar-refractivity contribution in [2.24, 2.45) is 0 Å². The highest BCUT2D eigenvalue weighted by atomic mass is 16.3. The Bertz CT molecular complexity index is 327. The van der Waals surface area contributed by atoms with Crippen LogP contribution in [0.3, 0.4) is 0 Å². The van der Waals surface area contributed by atoms with Crippen molar-refractivity contribution in [1.29, 1.82) is 0 Å². The Labute approximate surface area is 88.4 Å². The lowest BCUT2D eigenvalue weighted by Crippen LogP contribution is -2.20. The second kappa shape index (κ2) is 4.74. The molecule has 1 atom stereocenters. The first kappa shape index (κ1) is 11.4. The van der Waals surface area contributed by atoms with E-state index in [0.29, 0.717) is 18.4 Å². The standard InChI is InChI=1S/C8H16N6O/c1-5(15)4-10-7-11-6(9)12-8(13-7)14(2)3/h5,15H,4H2,1-3H3,(H3,9,10,11,12,13). The molecule has 0 aliphatic carbocycles. The van der Waals surface area contributed by atoms with Crippen LogP contribution in [-0.4, -0.2) is 46.8 Å². The van der Waals surface area contributed by atoms with Gasteiger partial charge in [0.15, 0.2) is 0 Å². The van der Waals surface area contributed by atoms with Gasteiger partial charge in [0.25, 0.3) is 0 Å². The van der Waals surface area contributed by atoms with Crippen LogP contribution in [0.5, 0.6) is 0 Å². The number of nitrogens with two attached hydrogens (primary N) is 1. The highest BCUT2D eigenvalue weighted by Gasteiger charge is 2.06. The van der Waals surface area contributed by atoms with Gasteiger partial charge in [-0.1, -0.05) is 0 Å². The molecule has 7 heteroatoms. The van der Waals surface area contributed by atoms with Gasteiger partial charge in [-0.3, -0.25) is 0 Å². The Hall–Kier alpha value is -1.63. The largest absolute Gasteiger partial charge is 0.392 e. The highest BCUT2D eigenvalue weighted by molar-refractivity contribution is 5.40. The average Bonchev–Trinajstić information content (AvgIpc) is 2.13. The minimum Gasteiger partial charge on any atom is -0.392 e. The van der Waals surface area contributed by atoms with Crippen molar-refractivity contribution >= 4 is 17.8 Å². The average molecular weight is 212 g/mol. The number of anilines is 3. The minimum absolute atomic E-state index is 0.154. The van der Waals surface area contributed by atoms with Gasteiger partial charge >= 0.3 is 0 Å². The zero-order valence-electron chi connectivity index (χ0n) is 9.10. The van der Waals surface area contributed by atoms with Crippen LogP contribution in [0.25, 0.3) is 0 Å². The van der Waals surface area contributed by atoms with Crippen LogP contribution in [0.15, 0.2) is 0 Å². The monoisotopic (exact) mass is 212 g/mol. The molecule has 0 saturated carbocycles. The summed E-state index contributed by atoms with van der Waals surface area (Å²) in [6.45, 7) is 2.04. The van der Waals surface area contributed by atoms with Crippen molar-refractivity contribution in [3.05, 3.63) is 0 Å². The lowest BCUT2D eigenvalue weighted by atomic mass is 10.4. The molecular formula is C8H16N6O. The van der Waals surface area contributed by atoms with Crippen LogP contribution in [0, 0.1) is 0 Å². The molecule has 7 nitrogen and oxygen atoms in total. The molecule has 84 valence electrons. The number of rotatable bonds is 4. The second-order valence-electron chi connectivity index (χ2n) is 3.44. The van der Waals surface area contributed by atoms with E-state index in [1.807, 2.05) is 14.1 Å². The summed E-state index contributed by atoms with van der Waals surface area (Å²) in [4.78, 5) is 13.7. The maximum atomic E-state index is 9.09. The van der Waals surface area contributed by atoms with E-state index in [-0.39, 0.29) is 5.95 Å². The van der Waals surface area contributed by atoms with Gasteiger partial charge in [-0.25, -0.2) is 0 Å². The third kappa shape index (κ3) is 3.55. The number of nitrogens with one attached hydrogen (secondary N) is 1. The molecule has 1 aromatic heterocycles. The minimum atomic E-state index is -0.467. The molecule has 1 unspecified atom stereocenters. The van der Waals surface area contributed by atoms with Crippen molar-refractivity contribution in [3.63, 3.8) is 0 Å². The fraction of sp³-hybridized carbons (Fsp3) is 0.625. The van der Waals surface area contributed by atoms with E-state index in [1.165, 1.54) is 0 Å². The first-order chi connectivity index (χ1) is 6.99. The van der Waals surface area contributed by atoms with Crippen molar-refractivity contribution in [2.75, 3.05) is 36.6 Å². The van der Waals surface area contributed by atoms with Crippen LogP contribution in [0.4, 0.5) is 17.8 Å². The van der Waals surface area contributed by atoms with Gasteiger partial charge < -0.3 is 21.1 Å². The summed E-state index contributed by atoms with van der Waals surface area (Å²) in [5.74, 6) is 1.00. The summed E-state index contributed by atoms with van der Waals surface area (Å²) < 4.78 is 0. The van der Waals surface area contributed by atoms with Gasteiger partial charge in [-0.05, 0) is 6.92 Å². The summed E-state index contributed by atoms with van der Waals surface area (Å²) in [6, 6.07) is 0. The zero-order chi connectivity index (χ0) is 11.4. The topological polar surface area (TPSA) is 100 Å². The van der Waals surface area contributed by atoms with Gasteiger partial charge in [0.1, 0.15) is 0 Å². The van der Waals surface area contributed by atoms with Crippen molar-refractivity contribution in [3.8, 4) is 0 Å². The number of hydrogen-bond donors (Lipinski definition) is 3. The molecule has 15 heavy (non-hydrogen) atoms. The number of nitrogens with zero attached hydrogens (tertiary/aromatic N) is 4. The van der Waals surface area contributed by atoms with E-state index in [9.17, 15) is 0 Å². The van der Waals surface area contributed by atoms with Crippen LogP contribution < -0.4 is 16.0 Å². The molecule has 0 fully saturated rings. The maximum absolute atomic E-state index is 9.09. The predicted molar refractivity (Wildman–Crippen MR) is 58.7 cm³/mol. The molecule has 0 aromatic carbocycles. The smallest absolute Gasteiger partial charge is 0.231 e. The Morgan fingerprint density at radius 2 is 2.07 bits per heavy atom. The number of nitrogen functional groups attached to an aromatic ring is 1. The lowest BCUT2D eigenvalue weighted by molar-refractivity contribution is 0.208. The normalized spacial score (nSPS) is 12.3. The van der Waals surface area contributed by atoms with Crippen LogP contribution in [0.1, 0.15) is 6.92 Å².